The van der Waals surface area contributed by atoms with Gasteiger partial charge >= 0.3 is 0 Å². The molecule has 0 radical (unpaired) electrons. The molecular weight excluding hydrogens is 278 g/mol. The van der Waals surface area contributed by atoms with Crippen LogP contribution in [0.5, 0.6) is 0 Å². The average Bonchev–Trinajstić information content (AvgIpc) is 2.54. The Morgan fingerprint density at radius 2 is 2.00 bits per heavy atom. The predicted molar refractivity (Wildman–Crippen MR) is 83.8 cm³/mol. The first kappa shape index (κ1) is 14.0. The van der Waals surface area contributed by atoms with Gasteiger partial charge in [-0.25, -0.2) is 4.98 Å². The molecule has 0 aliphatic carbocycles. The number of hydrogen-bond donors (Lipinski definition) is 1. The topological polar surface area (TPSA) is 63.5 Å². The van der Waals surface area contributed by atoms with Crippen LogP contribution in [0.3, 0.4) is 0 Å². The van der Waals surface area contributed by atoms with Gasteiger partial charge in [0.25, 0.3) is 11.5 Å². The Morgan fingerprint density at radius 3 is 2.77 bits per heavy atom. The first-order chi connectivity index (χ1) is 10.6. The van der Waals surface area contributed by atoms with Crippen molar-refractivity contribution >= 4 is 11.6 Å². The monoisotopic (exact) mass is 293 g/mol. The lowest BCUT2D eigenvalue weighted by molar-refractivity contribution is 0.0949. The molecule has 1 aromatic carbocycles. The van der Waals surface area contributed by atoms with Crippen LogP contribution < -0.4 is 10.9 Å². The van der Waals surface area contributed by atoms with Gasteiger partial charge in [-0.05, 0) is 30.2 Å². The fraction of sp³-hybridized carbons (Fsp3) is 0.118. The van der Waals surface area contributed by atoms with Gasteiger partial charge in [0.2, 0.25) is 0 Å². The number of amides is 1. The molecule has 22 heavy (non-hydrogen) atoms. The molecular formula is C17H15N3O2. The lowest BCUT2D eigenvalue weighted by Gasteiger charge is -2.06. The zero-order chi connectivity index (χ0) is 15.5. The molecule has 110 valence electrons. The van der Waals surface area contributed by atoms with Crippen molar-refractivity contribution in [2.45, 2.75) is 13.5 Å². The quantitative estimate of drug-likeness (QED) is 0.802. The molecule has 0 aliphatic heterocycles. The molecule has 1 N–H and O–H groups in total. The number of aromatic nitrogens is 2. The molecule has 5 nitrogen and oxygen atoms in total. The summed E-state index contributed by atoms with van der Waals surface area (Å²) in [6.07, 6.45) is 2.96. The van der Waals surface area contributed by atoms with Crippen LogP contribution in [-0.4, -0.2) is 15.3 Å². The number of hydrogen-bond acceptors (Lipinski definition) is 3. The molecule has 0 aliphatic rings. The Balaban J connectivity index is 1.87. The SMILES string of the molecule is Cc1ccn2c(=O)c(C(=O)NCc3ccccc3)cnc2c1. The highest BCUT2D eigenvalue weighted by atomic mass is 16.2. The molecule has 0 unspecified atom stereocenters. The molecule has 0 spiro atoms. The van der Waals surface area contributed by atoms with Crippen LogP contribution >= 0.6 is 0 Å². The zero-order valence-electron chi connectivity index (χ0n) is 12.1. The maximum Gasteiger partial charge on any atom is 0.270 e. The molecule has 0 bridgehead atoms. The average molecular weight is 293 g/mol. The van der Waals surface area contributed by atoms with E-state index >= 15 is 0 Å². The molecule has 3 rings (SSSR count). The van der Waals surface area contributed by atoms with Crippen LogP contribution in [0.4, 0.5) is 0 Å². The van der Waals surface area contributed by atoms with Crippen molar-refractivity contribution in [1.29, 1.82) is 0 Å². The van der Waals surface area contributed by atoms with Gasteiger partial charge in [0.15, 0.2) is 0 Å². The highest BCUT2D eigenvalue weighted by Gasteiger charge is 2.12. The van der Waals surface area contributed by atoms with Crippen molar-refractivity contribution in [2.24, 2.45) is 0 Å². The highest BCUT2D eigenvalue weighted by Crippen LogP contribution is 2.03. The van der Waals surface area contributed by atoms with E-state index in [9.17, 15) is 9.59 Å². The second-order valence-electron chi connectivity index (χ2n) is 5.08. The van der Waals surface area contributed by atoms with E-state index in [4.69, 9.17) is 0 Å². The summed E-state index contributed by atoms with van der Waals surface area (Å²) in [5.41, 5.74) is 2.19. The van der Waals surface area contributed by atoms with Gasteiger partial charge in [-0.3, -0.25) is 14.0 Å². The summed E-state index contributed by atoms with van der Waals surface area (Å²) in [4.78, 5) is 28.7. The summed E-state index contributed by atoms with van der Waals surface area (Å²) < 4.78 is 1.38. The minimum Gasteiger partial charge on any atom is -0.348 e. The molecule has 5 heteroatoms. The first-order valence-electron chi connectivity index (χ1n) is 6.95. The summed E-state index contributed by atoms with van der Waals surface area (Å²) in [6, 6.07) is 13.1. The van der Waals surface area contributed by atoms with Crippen LogP contribution in [-0.2, 0) is 6.54 Å². The normalized spacial score (nSPS) is 10.6. The van der Waals surface area contributed by atoms with Crippen molar-refractivity contribution in [3.63, 3.8) is 0 Å². The van der Waals surface area contributed by atoms with E-state index in [1.165, 1.54) is 10.6 Å². The minimum absolute atomic E-state index is 0.0392. The van der Waals surface area contributed by atoms with E-state index in [1.807, 2.05) is 43.3 Å². The lowest BCUT2D eigenvalue weighted by Crippen LogP contribution is -2.31. The zero-order valence-corrected chi connectivity index (χ0v) is 12.1. The van der Waals surface area contributed by atoms with Gasteiger partial charge in [0.1, 0.15) is 11.2 Å². The molecule has 2 aromatic heterocycles. The van der Waals surface area contributed by atoms with Crippen molar-refractivity contribution in [3.8, 4) is 0 Å². The number of aryl methyl sites for hydroxylation is 1. The first-order valence-corrected chi connectivity index (χ1v) is 6.95. The number of carbonyl (C=O) groups excluding carboxylic acids is 1. The molecule has 0 fully saturated rings. The van der Waals surface area contributed by atoms with Crippen molar-refractivity contribution in [3.05, 3.63) is 81.9 Å². The number of nitrogens with one attached hydrogen (secondary N) is 1. The Bertz CT molecular complexity index is 885. The largest absolute Gasteiger partial charge is 0.348 e. The van der Waals surface area contributed by atoms with Crippen LogP contribution in [0, 0.1) is 6.92 Å². The second-order valence-corrected chi connectivity index (χ2v) is 5.08. The van der Waals surface area contributed by atoms with Gasteiger partial charge in [-0.2, -0.15) is 0 Å². The van der Waals surface area contributed by atoms with Crippen LogP contribution in [0.1, 0.15) is 21.5 Å². The van der Waals surface area contributed by atoms with E-state index < -0.39 is 5.91 Å². The van der Waals surface area contributed by atoms with Crippen LogP contribution in [0.15, 0.2) is 59.7 Å². The summed E-state index contributed by atoms with van der Waals surface area (Å²) in [5, 5.41) is 2.74. The van der Waals surface area contributed by atoms with Crippen LogP contribution in [0.25, 0.3) is 5.65 Å². The Kier molecular flexibility index (Phi) is 3.70. The van der Waals surface area contributed by atoms with E-state index in [0.717, 1.165) is 11.1 Å². The van der Waals surface area contributed by atoms with E-state index in [2.05, 4.69) is 10.3 Å². The van der Waals surface area contributed by atoms with Gasteiger partial charge in [-0.15, -0.1) is 0 Å². The van der Waals surface area contributed by atoms with Crippen molar-refractivity contribution < 1.29 is 4.79 Å². The van der Waals surface area contributed by atoms with Crippen molar-refractivity contribution in [1.82, 2.24) is 14.7 Å². The third-order valence-corrected chi connectivity index (χ3v) is 3.41. The molecule has 0 atom stereocenters. The third kappa shape index (κ3) is 2.74. The molecule has 0 saturated heterocycles. The number of carbonyl (C=O) groups is 1. The standard InChI is InChI=1S/C17H15N3O2/c1-12-7-8-20-15(9-12)18-11-14(17(20)22)16(21)19-10-13-5-3-2-4-6-13/h2-9,11H,10H2,1H3,(H,19,21). The third-order valence-electron chi connectivity index (χ3n) is 3.41. The Morgan fingerprint density at radius 1 is 1.23 bits per heavy atom. The van der Waals surface area contributed by atoms with Gasteiger partial charge in [0, 0.05) is 18.9 Å². The summed E-state index contributed by atoms with van der Waals surface area (Å²) >= 11 is 0. The maximum absolute atomic E-state index is 12.4. The lowest BCUT2D eigenvalue weighted by atomic mass is 10.2. The molecule has 3 aromatic rings. The summed E-state index contributed by atoms with van der Waals surface area (Å²) in [5.74, 6) is -0.420. The molecule has 0 saturated carbocycles. The van der Waals surface area contributed by atoms with Crippen molar-refractivity contribution in [2.75, 3.05) is 0 Å². The van der Waals surface area contributed by atoms with E-state index in [-0.39, 0.29) is 11.1 Å². The Hall–Kier alpha value is -2.95. The maximum atomic E-state index is 12.4. The number of fused-ring (bicyclic) bond motifs is 1. The van der Waals surface area contributed by atoms with E-state index in [0.29, 0.717) is 12.2 Å². The highest BCUT2D eigenvalue weighted by molar-refractivity contribution is 5.93. The summed E-state index contributed by atoms with van der Waals surface area (Å²) in [7, 11) is 0. The number of rotatable bonds is 3. The Labute approximate surface area is 127 Å². The minimum atomic E-state index is -0.420. The van der Waals surface area contributed by atoms with Gasteiger partial charge in [-0.1, -0.05) is 30.3 Å². The second kappa shape index (κ2) is 5.81. The van der Waals surface area contributed by atoms with Gasteiger partial charge < -0.3 is 5.32 Å². The van der Waals surface area contributed by atoms with Gasteiger partial charge in [0.05, 0.1) is 0 Å². The molecule has 1 amide bonds. The van der Waals surface area contributed by atoms with Crippen LogP contribution in [0.2, 0.25) is 0 Å². The number of benzene rings is 1. The number of nitrogens with zero attached hydrogens (tertiary/aromatic N) is 2. The fourth-order valence-corrected chi connectivity index (χ4v) is 2.21. The smallest absolute Gasteiger partial charge is 0.270 e. The number of pyridine rings is 1. The molecule has 2 heterocycles. The predicted octanol–water partition coefficient (Wildman–Crippen LogP) is 1.93. The van der Waals surface area contributed by atoms with E-state index in [1.54, 1.807) is 12.3 Å². The fourth-order valence-electron chi connectivity index (χ4n) is 2.21. The summed E-state index contributed by atoms with van der Waals surface area (Å²) in [6.45, 7) is 2.29.